The first-order valence-corrected chi connectivity index (χ1v) is 6.31. The molecule has 0 bridgehead atoms. The van der Waals surface area contributed by atoms with Gasteiger partial charge in [-0.25, -0.2) is 4.98 Å². The molecule has 0 aliphatic heterocycles. The number of hydrogen-bond acceptors (Lipinski definition) is 7. The summed E-state index contributed by atoms with van der Waals surface area (Å²) in [6.45, 7) is 2.29. The lowest BCUT2D eigenvalue weighted by atomic mass is 10.2. The van der Waals surface area contributed by atoms with Crippen LogP contribution in [0.2, 0.25) is 0 Å². The summed E-state index contributed by atoms with van der Waals surface area (Å²) in [7, 11) is 3.50. The van der Waals surface area contributed by atoms with E-state index in [4.69, 9.17) is 10.5 Å². The number of nitro groups is 1. The van der Waals surface area contributed by atoms with E-state index in [0.717, 1.165) is 12.7 Å². The quantitative estimate of drug-likeness (QED) is 0.506. The summed E-state index contributed by atoms with van der Waals surface area (Å²) in [5.74, 6) is -0.487. The average molecular weight is 297 g/mol. The van der Waals surface area contributed by atoms with Crippen molar-refractivity contribution in [2.24, 2.45) is 0 Å². The second-order valence-corrected chi connectivity index (χ2v) is 4.44. The molecule has 0 fully saturated rings. The number of carbonyl (C=O) groups is 1. The van der Waals surface area contributed by atoms with Crippen molar-refractivity contribution in [1.82, 2.24) is 15.2 Å². The molecule has 0 saturated heterocycles. The Labute approximate surface area is 122 Å². The van der Waals surface area contributed by atoms with Crippen LogP contribution in [0.1, 0.15) is 10.4 Å². The highest BCUT2D eigenvalue weighted by Gasteiger charge is 2.20. The van der Waals surface area contributed by atoms with Gasteiger partial charge in [0.15, 0.2) is 0 Å². The number of nitrogens with one attached hydrogen (secondary N) is 1. The molecule has 0 aromatic carbocycles. The summed E-state index contributed by atoms with van der Waals surface area (Å²) in [6, 6.07) is 1.20. The molecule has 3 N–H and O–H groups in total. The normalized spacial score (nSPS) is 10.6. The number of nitrogens with zero attached hydrogens (tertiary/aromatic N) is 3. The number of likely N-dealkylation sites (N-methyl/N-ethyl adjacent to an activating group) is 1. The Bertz CT molecular complexity index is 508. The second kappa shape index (κ2) is 8.12. The fourth-order valence-electron chi connectivity index (χ4n) is 1.61. The van der Waals surface area contributed by atoms with E-state index in [1.165, 1.54) is 6.07 Å². The Kier molecular flexibility index (Phi) is 6.50. The SMILES string of the molecule is COCCN(C)CCNC(=O)c1cc(N)ncc1[N+](=O)[O-]. The monoisotopic (exact) mass is 297 g/mol. The summed E-state index contributed by atoms with van der Waals surface area (Å²) in [6.07, 6.45) is 0.981. The highest BCUT2D eigenvalue weighted by molar-refractivity contribution is 5.98. The Hall–Kier alpha value is -2.26. The van der Waals surface area contributed by atoms with Crippen LogP contribution in [0.25, 0.3) is 0 Å². The van der Waals surface area contributed by atoms with E-state index < -0.39 is 10.8 Å². The maximum Gasteiger partial charge on any atom is 0.300 e. The Morgan fingerprint density at radius 3 is 2.90 bits per heavy atom. The van der Waals surface area contributed by atoms with Crippen LogP contribution in [0.5, 0.6) is 0 Å². The number of pyridine rings is 1. The number of methoxy groups -OCH3 is 1. The zero-order valence-electron chi connectivity index (χ0n) is 12.0. The Balaban J connectivity index is 2.60. The molecule has 1 aromatic rings. The third-order valence-electron chi connectivity index (χ3n) is 2.80. The van der Waals surface area contributed by atoms with Gasteiger partial charge in [0, 0.05) is 26.7 Å². The lowest BCUT2D eigenvalue weighted by Crippen LogP contribution is -2.34. The topological polar surface area (TPSA) is 124 Å². The van der Waals surface area contributed by atoms with Crippen LogP contribution >= 0.6 is 0 Å². The van der Waals surface area contributed by atoms with Crippen molar-refractivity contribution in [3.63, 3.8) is 0 Å². The number of aromatic nitrogens is 1. The summed E-state index contributed by atoms with van der Waals surface area (Å²) in [5, 5.41) is 13.5. The second-order valence-electron chi connectivity index (χ2n) is 4.44. The van der Waals surface area contributed by atoms with Gasteiger partial charge >= 0.3 is 0 Å². The molecule has 1 aromatic heterocycles. The highest BCUT2D eigenvalue weighted by Crippen LogP contribution is 2.18. The number of nitrogen functional groups attached to an aromatic ring is 1. The van der Waals surface area contributed by atoms with Crippen molar-refractivity contribution in [1.29, 1.82) is 0 Å². The molecule has 0 spiro atoms. The molecule has 1 amide bonds. The van der Waals surface area contributed by atoms with Crippen molar-refractivity contribution >= 4 is 17.4 Å². The standard InChI is InChI=1S/C12H19N5O4/c1-16(5-6-21-2)4-3-14-12(18)9-7-11(13)15-8-10(9)17(19)20/h7-8H,3-6H2,1-2H3,(H2,13,15)(H,14,18). The fourth-order valence-corrected chi connectivity index (χ4v) is 1.61. The van der Waals surface area contributed by atoms with Crippen LogP contribution < -0.4 is 11.1 Å². The maximum atomic E-state index is 12.0. The molecule has 116 valence electrons. The number of anilines is 1. The van der Waals surface area contributed by atoms with Crippen LogP contribution in [-0.4, -0.2) is 61.1 Å². The summed E-state index contributed by atoms with van der Waals surface area (Å²) < 4.78 is 4.94. The van der Waals surface area contributed by atoms with Gasteiger partial charge < -0.3 is 20.7 Å². The van der Waals surface area contributed by atoms with Crippen molar-refractivity contribution in [2.45, 2.75) is 0 Å². The lowest BCUT2D eigenvalue weighted by Gasteiger charge is -2.16. The van der Waals surface area contributed by atoms with E-state index in [-0.39, 0.29) is 17.1 Å². The van der Waals surface area contributed by atoms with E-state index >= 15 is 0 Å². The number of carbonyl (C=O) groups excluding carboxylic acids is 1. The van der Waals surface area contributed by atoms with Crippen LogP contribution in [0, 0.1) is 10.1 Å². The number of ether oxygens (including phenoxy) is 1. The summed E-state index contributed by atoms with van der Waals surface area (Å²) in [4.78, 5) is 27.8. The van der Waals surface area contributed by atoms with Crippen LogP contribution in [0.4, 0.5) is 11.5 Å². The maximum absolute atomic E-state index is 12.0. The molecular weight excluding hydrogens is 278 g/mol. The molecule has 1 heterocycles. The predicted octanol–water partition coefficient (Wildman–Crippen LogP) is -0.120. The summed E-state index contributed by atoms with van der Waals surface area (Å²) in [5.41, 5.74) is 5.00. The average Bonchev–Trinajstić information content (AvgIpc) is 2.44. The molecule has 21 heavy (non-hydrogen) atoms. The van der Waals surface area contributed by atoms with Gasteiger partial charge in [0.05, 0.1) is 11.5 Å². The van der Waals surface area contributed by atoms with Crippen molar-refractivity contribution in [2.75, 3.05) is 46.1 Å². The molecule has 0 radical (unpaired) electrons. The van der Waals surface area contributed by atoms with E-state index in [0.29, 0.717) is 19.7 Å². The number of rotatable bonds is 8. The highest BCUT2D eigenvalue weighted by atomic mass is 16.6. The first kappa shape index (κ1) is 16.8. The third-order valence-corrected chi connectivity index (χ3v) is 2.80. The number of amides is 1. The van der Waals surface area contributed by atoms with Gasteiger partial charge in [0.2, 0.25) is 0 Å². The first-order chi connectivity index (χ1) is 9.95. The fraction of sp³-hybridized carbons (Fsp3) is 0.500. The van der Waals surface area contributed by atoms with Crippen LogP contribution in [0.15, 0.2) is 12.3 Å². The minimum Gasteiger partial charge on any atom is -0.384 e. The first-order valence-electron chi connectivity index (χ1n) is 6.31. The van der Waals surface area contributed by atoms with E-state index in [1.54, 1.807) is 7.11 Å². The minimum absolute atomic E-state index is 0.0583. The van der Waals surface area contributed by atoms with Gasteiger partial charge in [-0.05, 0) is 13.1 Å². The smallest absolute Gasteiger partial charge is 0.300 e. The molecule has 0 unspecified atom stereocenters. The molecule has 9 heteroatoms. The van der Waals surface area contributed by atoms with Gasteiger partial charge in [-0.15, -0.1) is 0 Å². The summed E-state index contributed by atoms with van der Waals surface area (Å²) >= 11 is 0. The van der Waals surface area contributed by atoms with Crippen LogP contribution in [0.3, 0.4) is 0 Å². The third kappa shape index (κ3) is 5.32. The van der Waals surface area contributed by atoms with Crippen molar-refractivity contribution in [3.05, 3.63) is 27.9 Å². The van der Waals surface area contributed by atoms with E-state index in [9.17, 15) is 14.9 Å². The molecule has 0 aliphatic carbocycles. The molecule has 0 aliphatic rings. The Morgan fingerprint density at radius 1 is 1.57 bits per heavy atom. The van der Waals surface area contributed by atoms with Crippen molar-refractivity contribution in [3.8, 4) is 0 Å². The van der Waals surface area contributed by atoms with Gasteiger partial charge in [0.25, 0.3) is 11.6 Å². The molecular formula is C12H19N5O4. The van der Waals surface area contributed by atoms with E-state index in [2.05, 4.69) is 10.3 Å². The lowest BCUT2D eigenvalue weighted by molar-refractivity contribution is -0.385. The van der Waals surface area contributed by atoms with Gasteiger partial charge in [-0.1, -0.05) is 0 Å². The molecule has 9 nitrogen and oxygen atoms in total. The number of nitrogens with two attached hydrogens (primary N) is 1. The molecule has 0 saturated carbocycles. The minimum atomic E-state index is -0.661. The van der Waals surface area contributed by atoms with Crippen molar-refractivity contribution < 1.29 is 14.5 Å². The predicted molar refractivity (Wildman–Crippen MR) is 77.0 cm³/mol. The Morgan fingerprint density at radius 2 is 2.29 bits per heavy atom. The largest absolute Gasteiger partial charge is 0.384 e. The van der Waals surface area contributed by atoms with Gasteiger partial charge in [-0.2, -0.15) is 0 Å². The van der Waals surface area contributed by atoms with Gasteiger partial charge in [-0.3, -0.25) is 14.9 Å². The zero-order chi connectivity index (χ0) is 15.8. The molecule has 1 rings (SSSR count). The zero-order valence-corrected chi connectivity index (χ0v) is 12.0. The molecule has 0 atom stereocenters. The van der Waals surface area contributed by atoms with Gasteiger partial charge in [0.1, 0.15) is 17.6 Å². The van der Waals surface area contributed by atoms with Crippen LogP contribution in [-0.2, 0) is 4.74 Å². The number of hydrogen-bond donors (Lipinski definition) is 2. The van der Waals surface area contributed by atoms with E-state index in [1.807, 2.05) is 11.9 Å².